The Bertz CT molecular complexity index is 395. The van der Waals surface area contributed by atoms with Gasteiger partial charge in [-0.2, -0.15) is 0 Å². The lowest BCUT2D eigenvalue weighted by molar-refractivity contribution is 0.465. The van der Waals surface area contributed by atoms with Crippen LogP contribution in [0.4, 0.5) is 0 Å². The summed E-state index contributed by atoms with van der Waals surface area (Å²) < 4.78 is 1.16. The third kappa shape index (κ3) is 7.67. The van der Waals surface area contributed by atoms with Crippen LogP contribution in [0.3, 0.4) is 0 Å². The molecular weight excluding hydrogens is 346 g/mol. The first-order chi connectivity index (χ1) is 10.2. The van der Waals surface area contributed by atoms with E-state index in [1.807, 2.05) is 6.07 Å². The Hall–Kier alpha value is -0.0500. The Morgan fingerprint density at radius 1 is 1.05 bits per heavy atom. The van der Waals surface area contributed by atoms with Gasteiger partial charge in [0.1, 0.15) is 0 Å². The largest absolute Gasteiger partial charge is 0.310 e. The minimum absolute atomic E-state index is 0.407. The van der Waals surface area contributed by atoms with Crippen molar-refractivity contribution in [2.24, 2.45) is 0 Å². The van der Waals surface area contributed by atoms with Crippen molar-refractivity contribution < 1.29 is 0 Å². The smallest absolute Gasteiger partial charge is 0.0410 e. The fourth-order valence-corrected chi connectivity index (χ4v) is 3.30. The predicted molar refractivity (Wildman–Crippen MR) is 98.2 cm³/mol. The first kappa shape index (κ1) is 19.0. The van der Waals surface area contributed by atoms with Gasteiger partial charge in [0.25, 0.3) is 0 Å². The molecule has 120 valence electrons. The molecule has 0 fully saturated rings. The Balaban J connectivity index is 2.52. The molecule has 1 aromatic carbocycles. The van der Waals surface area contributed by atoms with Crippen molar-refractivity contribution >= 4 is 27.5 Å². The van der Waals surface area contributed by atoms with Gasteiger partial charge in [-0.3, -0.25) is 0 Å². The molecule has 0 radical (unpaired) electrons. The monoisotopic (exact) mass is 373 g/mol. The van der Waals surface area contributed by atoms with Crippen molar-refractivity contribution in [1.82, 2.24) is 5.32 Å². The van der Waals surface area contributed by atoms with Crippen LogP contribution in [-0.2, 0) is 0 Å². The number of rotatable bonds is 11. The highest BCUT2D eigenvalue weighted by molar-refractivity contribution is 9.10. The van der Waals surface area contributed by atoms with Gasteiger partial charge < -0.3 is 5.32 Å². The highest BCUT2D eigenvalue weighted by Gasteiger charge is 2.14. The van der Waals surface area contributed by atoms with Crippen molar-refractivity contribution in [3.05, 3.63) is 33.3 Å². The van der Waals surface area contributed by atoms with Crippen LogP contribution < -0.4 is 5.32 Å². The van der Waals surface area contributed by atoms with Gasteiger partial charge in [-0.25, -0.2) is 0 Å². The molecule has 0 saturated carbocycles. The minimum atomic E-state index is 0.407. The first-order valence-corrected chi connectivity index (χ1v) is 9.54. The van der Waals surface area contributed by atoms with E-state index in [4.69, 9.17) is 11.6 Å². The van der Waals surface area contributed by atoms with Crippen LogP contribution in [0.25, 0.3) is 0 Å². The van der Waals surface area contributed by atoms with Crippen LogP contribution in [0.5, 0.6) is 0 Å². The summed E-state index contributed by atoms with van der Waals surface area (Å²) in [4.78, 5) is 0. The van der Waals surface area contributed by atoms with E-state index in [1.54, 1.807) is 0 Å². The molecule has 0 aliphatic carbocycles. The quantitative estimate of drug-likeness (QED) is 0.416. The fourth-order valence-electron chi connectivity index (χ4n) is 2.60. The van der Waals surface area contributed by atoms with E-state index in [0.29, 0.717) is 6.04 Å². The third-order valence-corrected chi connectivity index (χ3v) is 4.78. The Kier molecular flexibility index (Phi) is 10.4. The highest BCUT2D eigenvalue weighted by Crippen LogP contribution is 2.30. The van der Waals surface area contributed by atoms with Crippen molar-refractivity contribution in [2.75, 3.05) is 6.54 Å². The van der Waals surface area contributed by atoms with Gasteiger partial charge in [-0.05, 0) is 43.1 Å². The summed E-state index contributed by atoms with van der Waals surface area (Å²) in [5.74, 6) is 0. The molecule has 0 saturated heterocycles. The number of halogens is 2. The Morgan fingerprint density at radius 3 is 2.48 bits per heavy atom. The summed E-state index contributed by atoms with van der Waals surface area (Å²) in [7, 11) is 0. The van der Waals surface area contributed by atoms with Gasteiger partial charge in [-0.1, -0.05) is 79.9 Å². The summed E-state index contributed by atoms with van der Waals surface area (Å²) in [6, 6.07) is 6.50. The van der Waals surface area contributed by atoms with Crippen LogP contribution in [0, 0.1) is 0 Å². The van der Waals surface area contributed by atoms with E-state index in [2.05, 4.69) is 47.2 Å². The average Bonchev–Trinajstić information content (AvgIpc) is 2.48. The van der Waals surface area contributed by atoms with E-state index in [-0.39, 0.29) is 0 Å². The van der Waals surface area contributed by atoms with Crippen LogP contribution in [0.1, 0.15) is 76.8 Å². The lowest BCUT2D eigenvalue weighted by Crippen LogP contribution is -2.22. The lowest BCUT2D eigenvalue weighted by atomic mass is 9.99. The molecule has 1 rings (SSSR count). The molecule has 0 aromatic heterocycles. The van der Waals surface area contributed by atoms with Gasteiger partial charge in [0.05, 0.1) is 0 Å². The van der Waals surface area contributed by atoms with Gasteiger partial charge >= 0.3 is 0 Å². The second-order valence-electron chi connectivity index (χ2n) is 5.73. The minimum Gasteiger partial charge on any atom is -0.310 e. The highest BCUT2D eigenvalue weighted by atomic mass is 79.9. The average molecular weight is 375 g/mol. The van der Waals surface area contributed by atoms with Crippen molar-refractivity contribution in [1.29, 1.82) is 0 Å². The fraction of sp³-hybridized carbons (Fsp3) is 0.667. The van der Waals surface area contributed by atoms with Gasteiger partial charge in [0.2, 0.25) is 0 Å². The lowest BCUT2D eigenvalue weighted by Gasteiger charge is -2.20. The molecule has 0 amide bonds. The Labute approximate surface area is 144 Å². The number of unbranched alkanes of at least 4 members (excludes halogenated alkanes) is 5. The topological polar surface area (TPSA) is 12.0 Å². The molecule has 0 aliphatic heterocycles. The van der Waals surface area contributed by atoms with E-state index >= 15 is 0 Å². The first-order valence-electron chi connectivity index (χ1n) is 8.37. The van der Waals surface area contributed by atoms with Crippen LogP contribution in [-0.4, -0.2) is 6.54 Å². The summed E-state index contributed by atoms with van der Waals surface area (Å²) >= 11 is 9.83. The summed E-state index contributed by atoms with van der Waals surface area (Å²) in [6.45, 7) is 5.53. The summed E-state index contributed by atoms with van der Waals surface area (Å²) in [5.41, 5.74) is 1.30. The zero-order valence-corrected chi connectivity index (χ0v) is 15.8. The standard InChI is InChI=1S/C18H29BrClN/c1-3-5-6-7-8-9-10-18(21-13-4-2)16-14-15(20)11-12-17(16)19/h11-12,14,18,21H,3-10,13H2,1-2H3. The predicted octanol–water partition coefficient (Wildman–Crippen LogP) is 6.89. The number of hydrogen-bond donors (Lipinski definition) is 1. The molecule has 1 atom stereocenters. The molecule has 1 aromatic rings. The SMILES string of the molecule is CCCCCCCCC(NCCC)c1cc(Cl)ccc1Br. The Morgan fingerprint density at radius 2 is 1.76 bits per heavy atom. The second kappa shape index (κ2) is 11.5. The maximum Gasteiger partial charge on any atom is 0.0410 e. The number of hydrogen-bond acceptors (Lipinski definition) is 1. The van der Waals surface area contributed by atoms with Crippen LogP contribution >= 0.6 is 27.5 Å². The third-order valence-electron chi connectivity index (χ3n) is 3.82. The van der Waals surface area contributed by atoms with Crippen molar-refractivity contribution in [3.8, 4) is 0 Å². The van der Waals surface area contributed by atoms with Gasteiger partial charge in [0, 0.05) is 15.5 Å². The van der Waals surface area contributed by atoms with Crippen LogP contribution in [0.2, 0.25) is 5.02 Å². The molecule has 21 heavy (non-hydrogen) atoms. The molecular formula is C18H29BrClN. The maximum atomic E-state index is 6.16. The molecule has 3 heteroatoms. The van der Waals surface area contributed by atoms with Gasteiger partial charge in [-0.15, -0.1) is 0 Å². The zero-order valence-electron chi connectivity index (χ0n) is 13.4. The molecule has 0 bridgehead atoms. The molecule has 1 N–H and O–H groups in total. The van der Waals surface area contributed by atoms with E-state index in [1.165, 1.54) is 50.5 Å². The van der Waals surface area contributed by atoms with E-state index in [0.717, 1.165) is 22.5 Å². The zero-order chi connectivity index (χ0) is 15.5. The summed E-state index contributed by atoms with van der Waals surface area (Å²) in [5, 5.41) is 4.49. The maximum absolute atomic E-state index is 6.16. The second-order valence-corrected chi connectivity index (χ2v) is 7.02. The van der Waals surface area contributed by atoms with Crippen LogP contribution in [0.15, 0.2) is 22.7 Å². The van der Waals surface area contributed by atoms with Gasteiger partial charge in [0.15, 0.2) is 0 Å². The van der Waals surface area contributed by atoms with E-state index in [9.17, 15) is 0 Å². The van der Waals surface area contributed by atoms with Crippen molar-refractivity contribution in [3.63, 3.8) is 0 Å². The number of benzene rings is 1. The molecule has 1 nitrogen and oxygen atoms in total. The summed E-state index contributed by atoms with van der Waals surface area (Å²) in [6.07, 6.45) is 10.4. The molecule has 0 aliphatic rings. The normalized spacial score (nSPS) is 12.6. The number of nitrogens with one attached hydrogen (secondary N) is 1. The molecule has 0 heterocycles. The molecule has 1 unspecified atom stereocenters. The molecule has 0 spiro atoms. The van der Waals surface area contributed by atoms with Crippen molar-refractivity contribution in [2.45, 2.75) is 71.3 Å². The van der Waals surface area contributed by atoms with E-state index < -0.39 is 0 Å².